The Labute approximate surface area is 156 Å². The van der Waals surface area contributed by atoms with Crippen molar-refractivity contribution < 1.29 is 27.5 Å². The Balaban J connectivity index is 2.06. The van der Waals surface area contributed by atoms with Crippen LogP contribution in [0.3, 0.4) is 0 Å². The van der Waals surface area contributed by atoms with Crippen molar-refractivity contribution in [2.45, 2.75) is 32.5 Å². The Bertz CT molecular complexity index is 816. The van der Waals surface area contributed by atoms with Gasteiger partial charge in [-0.05, 0) is 61.0 Å². The highest BCUT2D eigenvalue weighted by Crippen LogP contribution is 2.34. The third kappa shape index (κ3) is 4.79. The second kappa shape index (κ2) is 7.32. The fraction of sp³-hybridized carbons (Fsp3) is 0.353. The monoisotopic (exact) mass is 434 g/mol. The number of aliphatic hydroxyl groups is 1. The van der Waals surface area contributed by atoms with Gasteiger partial charge in [0.2, 0.25) is 0 Å². The highest BCUT2D eigenvalue weighted by molar-refractivity contribution is 9.10. The highest BCUT2D eigenvalue weighted by atomic mass is 79.9. The molecule has 0 fully saturated rings. The third-order valence-electron chi connectivity index (χ3n) is 3.76. The van der Waals surface area contributed by atoms with Gasteiger partial charge in [-0.3, -0.25) is 0 Å². The number of hydrogen-bond acceptors (Lipinski definition) is 3. The van der Waals surface area contributed by atoms with Crippen molar-refractivity contribution in [2.75, 3.05) is 11.9 Å². The lowest BCUT2D eigenvalue weighted by molar-refractivity contribution is -0.137. The number of aryl methyl sites for hydroxylation is 2. The van der Waals surface area contributed by atoms with E-state index in [-0.39, 0.29) is 12.2 Å². The van der Waals surface area contributed by atoms with Crippen LogP contribution < -0.4 is 10.6 Å². The average Bonchev–Trinajstić information content (AvgIpc) is 2.86. The van der Waals surface area contributed by atoms with E-state index in [4.69, 9.17) is 4.42 Å². The van der Waals surface area contributed by atoms with Gasteiger partial charge in [0.05, 0.1) is 17.8 Å². The largest absolute Gasteiger partial charge is 0.466 e. The fourth-order valence-electron chi connectivity index (χ4n) is 2.48. The van der Waals surface area contributed by atoms with Gasteiger partial charge in [0, 0.05) is 10.0 Å². The summed E-state index contributed by atoms with van der Waals surface area (Å²) in [7, 11) is 0. The van der Waals surface area contributed by atoms with Gasteiger partial charge in [-0.25, -0.2) is 4.79 Å². The first-order valence-corrected chi connectivity index (χ1v) is 8.41. The number of carbonyl (C=O) groups excluding carboxylic acids is 1. The molecule has 2 amide bonds. The maximum atomic E-state index is 12.8. The van der Waals surface area contributed by atoms with E-state index in [0.29, 0.717) is 21.6 Å². The number of amides is 2. The molecule has 1 atom stereocenters. The molecule has 1 aromatic carbocycles. The summed E-state index contributed by atoms with van der Waals surface area (Å²) in [6, 6.07) is 3.85. The molecule has 0 aliphatic carbocycles. The minimum Gasteiger partial charge on any atom is -0.466 e. The van der Waals surface area contributed by atoms with Gasteiger partial charge < -0.3 is 20.2 Å². The van der Waals surface area contributed by atoms with E-state index in [1.807, 2.05) is 0 Å². The summed E-state index contributed by atoms with van der Waals surface area (Å²) in [6.07, 6.45) is -4.52. The number of urea groups is 1. The summed E-state index contributed by atoms with van der Waals surface area (Å²) in [5, 5.41) is 15.3. The first kappa shape index (κ1) is 20.3. The Hall–Kier alpha value is -2.00. The molecular formula is C17H18BrF3N2O3. The van der Waals surface area contributed by atoms with Gasteiger partial charge in [-0.1, -0.05) is 0 Å². The van der Waals surface area contributed by atoms with Crippen LogP contribution in [0.4, 0.5) is 23.7 Å². The number of nitrogens with one attached hydrogen (secondary N) is 2. The summed E-state index contributed by atoms with van der Waals surface area (Å²) in [5.41, 5.74) is -1.79. The second-order valence-electron chi connectivity index (χ2n) is 6.10. The zero-order valence-electron chi connectivity index (χ0n) is 14.3. The number of carbonyl (C=O) groups is 1. The lowest BCUT2D eigenvalue weighted by Crippen LogP contribution is -2.40. The van der Waals surface area contributed by atoms with E-state index in [9.17, 15) is 23.1 Å². The molecule has 0 bridgehead atoms. The number of anilines is 1. The molecule has 0 unspecified atom stereocenters. The first-order chi connectivity index (χ1) is 11.9. The van der Waals surface area contributed by atoms with Crippen LogP contribution in [0.25, 0.3) is 0 Å². The molecule has 9 heteroatoms. The topological polar surface area (TPSA) is 74.5 Å². The molecular weight excluding hydrogens is 417 g/mol. The Morgan fingerprint density at radius 3 is 2.46 bits per heavy atom. The molecule has 0 spiro atoms. The van der Waals surface area contributed by atoms with Crippen LogP contribution in [0.5, 0.6) is 0 Å². The van der Waals surface area contributed by atoms with Crippen molar-refractivity contribution in [1.82, 2.24) is 5.32 Å². The number of alkyl halides is 3. The highest BCUT2D eigenvalue weighted by Gasteiger charge is 2.31. The van der Waals surface area contributed by atoms with Crippen LogP contribution in [0.15, 0.2) is 33.2 Å². The van der Waals surface area contributed by atoms with Crippen molar-refractivity contribution in [1.29, 1.82) is 0 Å². The van der Waals surface area contributed by atoms with E-state index < -0.39 is 23.4 Å². The summed E-state index contributed by atoms with van der Waals surface area (Å²) in [4.78, 5) is 12.0. The smallest absolute Gasteiger partial charge is 0.416 e. The zero-order chi connectivity index (χ0) is 19.7. The molecule has 5 nitrogen and oxygen atoms in total. The van der Waals surface area contributed by atoms with E-state index in [1.54, 1.807) is 19.9 Å². The molecule has 2 aromatic rings. The van der Waals surface area contributed by atoms with Crippen molar-refractivity contribution in [3.8, 4) is 0 Å². The Kier molecular flexibility index (Phi) is 5.72. The quantitative estimate of drug-likeness (QED) is 0.652. The Morgan fingerprint density at radius 2 is 1.92 bits per heavy atom. The molecule has 0 saturated carbocycles. The van der Waals surface area contributed by atoms with Crippen molar-refractivity contribution in [3.63, 3.8) is 0 Å². The average molecular weight is 435 g/mol. The van der Waals surface area contributed by atoms with E-state index >= 15 is 0 Å². The van der Waals surface area contributed by atoms with Crippen LogP contribution in [-0.2, 0) is 11.8 Å². The molecule has 1 aromatic heterocycles. The minimum absolute atomic E-state index is 0.0349. The molecule has 3 N–H and O–H groups in total. The standard InChI is InChI=1S/C17H18BrF3N2O3/c1-9-6-12(10(2)26-9)16(3,25)8-22-15(24)23-14-7-11(17(19,20)21)4-5-13(14)18/h4-7,25H,8H2,1-3H3,(H2,22,23,24)/t16-/m1/s1. The number of rotatable bonds is 4. The number of benzene rings is 1. The first-order valence-electron chi connectivity index (χ1n) is 7.61. The van der Waals surface area contributed by atoms with Crippen molar-refractivity contribution in [2.24, 2.45) is 0 Å². The predicted molar refractivity (Wildman–Crippen MR) is 93.9 cm³/mol. The van der Waals surface area contributed by atoms with Gasteiger partial charge in [0.25, 0.3) is 0 Å². The summed E-state index contributed by atoms with van der Waals surface area (Å²) < 4.78 is 44.0. The molecule has 26 heavy (non-hydrogen) atoms. The summed E-state index contributed by atoms with van der Waals surface area (Å²) >= 11 is 3.09. The second-order valence-corrected chi connectivity index (χ2v) is 6.96. The third-order valence-corrected chi connectivity index (χ3v) is 4.45. The lowest BCUT2D eigenvalue weighted by Gasteiger charge is -2.23. The SMILES string of the molecule is Cc1cc([C@](C)(O)CNC(=O)Nc2cc(C(F)(F)F)ccc2Br)c(C)o1. The van der Waals surface area contributed by atoms with Crippen LogP contribution in [0, 0.1) is 13.8 Å². The van der Waals surface area contributed by atoms with Crippen molar-refractivity contribution in [3.05, 3.63) is 51.4 Å². The zero-order valence-corrected chi connectivity index (χ0v) is 15.9. The van der Waals surface area contributed by atoms with Crippen LogP contribution in [-0.4, -0.2) is 17.7 Å². The number of furan rings is 1. The summed E-state index contributed by atoms with van der Waals surface area (Å²) in [5.74, 6) is 1.14. The van der Waals surface area contributed by atoms with Gasteiger partial charge in [0.15, 0.2) is 0 Å². The molecule has 142 valence electrons. The van der Waals surface area contributed by atoms with E-state index in [2.05, 4.69) is 26.6 Å². The summed E-state index contributed by atoms with van der Waals surface area (Å²) in [6.45, 7) is 4.77. The maximum absolute atomic E-state index is 12.8. The minimum atomic E-state index is -4.52. The van der Waals surface area contributed by atoms with E-state index in [1.165, 1.54) is 13.0 Å². The number of halogens is 4. The molecule has 0 radical (unpaired) electrons. The van der Waals surface area contributed by atoms with E-state index in [0.717, 1.165) is 12.1 Å². The van der Waals surface area contributed by atoms with Crippen LogP contribution in [0.1, 0.15) is 29.6 Å². The molecule has 0 saturated heterocycles. The number of hydrogen-bond donors (Lipinski definition) is 3. The van der Waals surface area contributed by atoms with Crippen LogP contribution in [0.2, 0.25) is 0 Å². The Morgan fingerprint density at radius 1 is 1.27 bits per heavy atom. The normalized spacial score (nSPS) is 14.0. The van der Waals surface area contributed by atoms with Gasteiger partial charge in [-0.2, -0.15) is 13.2 Å². The molecule has 1 heterocycles. The molecule has 2 rings (SSSR count). The van der Waals surface area contributed by atoms with Gasteiger partial charge in [0.1, 0.15) is 17.1 Å². The van der Waals surface area contributed by atoms with Crippen molar-refractivity contribution >= 4 is 27.6 Å². The van der Waals surface area contributed by atoms with Gasteiger partial charge in [-0.15, -0.1) is 0 Å². The van der Waals surface area contributed by atoms with Gasteiger partial charge >= 0.3 is 12.2 Å². The molecule has 0 aliphatic heterocycles. The predicted octanol–water partition coefficient (Wildman–Crippen LogP) is 4.71. The maximum Gasteiger partial charge on any atom is 0.416 e. The molecule has 0 aliphatic rings. The van der Waals surface area contributed by atoms with Crippen LogP contribution >= 0.6 is 15.9 Å². The fourth-order valence-corrected chi connectivity index (χ4v) is 2.82. The lowest BCUT2D eigenvalue weighted by atomic mass is 9.96.